The molecule has 2 aromatic rings. The van der Waals surface area contributed by atoms with Gasteiger partial charge in [-0.3, -0.25) is 4.79 Å². The number of benzene rings is 2. The molecule has 0 fully saturated rings. The number of carbonyl (C=O) groups excluding carboxylic acids is 1. The van der Waals surface area contributed by atoms with Gasteiger partial charge in [0.1, 0.15) is 5.75 Å². The third-order valence-corrected chi connectivity index (χ3v) is 4.27. The van der Waals surface area contributed by atoms with Gasteiger partial charge in [0.2, 0.25) is 5.91 Å². The molecule has 0 spiro atoms. The number of amides is 1. The molecule has 0 aromatic heterocycles. The lowest BCUT2D eigenvalue weighted by atomic mass is 10.1. The Hall–Kier alpha value is -2.66. The minimum absolute atomic E-state index is 0.224. The molecule has 6 heteroatoms. The normalized spacial score (nSPS) is 10.7. The van der Waals surface area contributed by atoms with E-state index in [-0.39, 0.29) is 5.91 Å². The minimum Gasteiger partial charge on any atom is -0.496 e. The first-order valence-electron chi connectivity index (χ1n) is 7.99. The molecule has 138 valence electrons. The Morgan fingerprint density at radius 3 is 2.31 bits per heavy atom. The van der Waals surface area contributed by atoms with Crippen LogP contribution in [0.25, 0.3) is 6.08 Å². The molecule has 1 N–H and O–H groups in total. The zero-order valence-electron chi connectivity index (χ0n) is 15.3. The summed E-state index contributed by atoms with van der Waals surface area (Å²) in [7, 11) is 4.68. The lowest BCUT2D eigenvalue weighted by molar-refractivity contribution is -0.116. The largest absolute Gasteiger partial charge is 0.496 e. The van der Waals surface area contributed by atoms with Crippen molar-refractivity contribution in [2.24, 2.45) is 0 Å². The van der Waals surface area contributed by atoms with Crippen molar-refractivity contribution in [3.63, 3.8) is 0 Å². The summed E-state index contributed by atoms with van der Waals surface area (Å²) in [5.41, 5.74) is 2.64. The lowest BCUT2D eigenvalue weighted by Gasteiger charge is -2.14. The van der Waals surface area contributed by atoms with Gasteiger partial charge >= 0.3 is 0 Å². The molecule has 0 radical (unpaired) electrons. The lowest BCUT2D eigenvalue weighted by Crippen LogP contribution is -2.20. The van der Waals surface area contributed by atoms with Gasteiger partial charge in [-0.05, 0) is 36.3 Å². The number of halogens is 1. The maximum absolute atomic E-state index is 12.1. The van der Waals surface area contributed by atoms with E-state index in [9.17, 15) is 4.79 Å². The van der Waals surface area contributed by atoms with Crippen LogP contribution in [0.4, 0.5) is 0 Å². The van der Waals surface area contributed by atoms with Crippen LogP contribution in [0.3, 0.4) is 0 Å². The Bertz CT molecular complexity index is 818. The van der Waals surface area contributed by atoms with E-state index >= 15 is 0 Å². The van der Waals surface area contributed by atoms with Crippen molar-refractivity contribution in [2.45, 2.75) is 13.5 Å². The van der Waals surface area contributed by atoms with E-state index in [4.69, 9.17) is 25.8 Å². The number of carbonyl (C=O) groups is 1. The van der Waals surface area contributed by atoms with Gasteiger partial charge in [0, 0.05) is 29.3 Å². The van der Waals surface area contributed by atoms with Gasteiger partial charge in [-0.25, -0.2) is 0 Å². The maximum atomic E-state index is 12.1. The molecule has 0 saturated carbocycles. The number of nitrogens with one attached hydrogen (secondary N) is 1. The first kappa shape index (κ1) is 19.7. The van der Waals surface area contributed by atoms with Crippen LogP contribution >= 0.6 is 11.6 Å². The van der Waals surface area contributed by atoms with E-state index < -0.39 is 0 Å². The zero-order valence-corrected chi connectivity index (χ0v) is 16.0. The summed E-state index contributed by atoms with van der Waals surface area (Å²) in [6.45, 7) is 2.22. The van der Waals surface area contributed by atoms with Crippen LogP contribution in [0, 0.1) is 6.92 Å². The third kappa shape index (κ3) is 4.92. The molecule has 5 nitrogen and oxygen atoms in total. The van der Waals surface area contributed by atoms with E-state index in [1.165, 1.54) is 6.08 Å². The smallest absolute Gasteiger partial charge is 0.244 e. The van der Waals surface area contributed by atoms with Gasteiger partial charge in [0.15, 0.2) is 11.5 Å². The van der Waals surface area contributed by atoms with E-state index in [0.29, 0.717) is 28.8 Å². The fourth-order valence-electron chi connectivity index (χ4n) is 2.36. The summed E-state index contributed by atoms with van der Waals surface area (Å²) in [4.78, 5) is 12.1. The quantitative estimate of drug-likeness (QED) is 0.743. The fourth-order valence-corrected chi connectivity index (χ4v) is 2.55. The van der Waals surface area contributed by atoms with Crippen molar-refractivity contribution in [1.29, 1.82) is 0 Å². The molecule has 26 heavy (non-hydrogen) atoms. The van der Waals surface area contributed by atoms with Crippen LogP contribution in [0.5, 0.6) is 17.2 Å². The summed E-state index contributed by atoms with van der Waals surface area (Å²) >= 11 is 6.09. The summed E-state index contributed by atoms with van der Waals surface area (Å²) in [6, 6.07) is 9.14. The van der Waals surface area contributed by atoms with E-state index in [1.807, 2.05) is 25.1 Å². The monoisotopic (exact) mass is 375 g/mol. The molecule has 0 unspecified atom stereocenters. The van der Waals surface area contributed by atoms with Gasteiger partial charge in [0.05, 0.1) is 21.3 Å². The van der Waals surface area contributed by atoms with Gasteiger partial charge in [-0.1, -0.05) is 23.7 Å². The molecule has 0 aliphatic rings. The molecule has 0 bridgehead atoms. The Labute approximate surface area is 158 Å². The van der Waals surface area contributed by atoms with Crippen LogP contribution in [0.15, 0.2) is 36.4 Å². The Morgan fingerprint density at radius 2 is 1.69 bits per heavy atom. The molecule has 2 rings (SSSR count). The van der Waals surface area contributed by atoms with Crippen LogP contribution < -0.4 is 19.5 Å². The number of aryl methyl sites for hydroxylation is 1. The van der Waals surface area contributed by atoms with Gasteiger partial charge in [0.25, 0.3) is 0 Å². The predicted octanol–water partition coefficient (Wildman–Crippen LogP) is 4.00. The molecule has 0 heterocycles. The Balaban J connectivity index is 2.06. The second-order valence-corrected chi connectivity index (χ2v) is 5.99. The standard InChI is InChI=1S/C20H22ClNO4/c1-13-5-6-14(9-16(13)21)7-8-20(23)22-12-15-10-18(25-3)19(26-4)11-17(15)24-2/h5-11H,12H2,1-4H3,(H,22,23)/b8-7+. The van der Waals surface area contributed by atoms with Crippen molar-refractivity contribution < 1.29 is 19.0 Å². The number of methoxy groups -OCH3 is 3. The second kappa shape index (κ2) is 9.15. The predicted molar refractivity (Wildman–Crippen MR) is 103 cm³/mol. The van der Waals surface area contributed by atoms with Crippen molar-refractivity contribution >= 4 is 23.6 Å². The summed E-state index contributed by atoms with van der Waals surface area (Å²) in [5, 5.41) is 3.49. The summed E-state index contributed by atoms with van der Waals surface area (Å²) in [5.74, 6) is 1.52. The summed E-state index contributed by atoms with van der Waals surface area (Å²) < 4.78 is 15.9. The highest BCUT2D eigenvalue weighted by molar-refractivity contribution is 6.31. The molecule has 0 saturated heterocycles. The third-order valence-electron chi connectivity index (χ3n) is 3.86. The van der Waals surface area contributed by atoms with Crippen molar-refractivity contribution in [1.82, 2.24) is 5.32 Å². The first-order chi connectivity index (χ1) is 12.5. The Kier molecular flexibility index (Phi) is 6.92. The van der Waals surface area contributed by atoms with Gasteiger partial charge in [-0.2, -0.15) is 0 Å². The molecule has 2 aromatic carbocycles. The van der Waals surface area contributed by atoms with Crippen molar-refractivity contribution in [3.8, 4) is 17.2 Å². The number of hydrogen-bond donors (Lipinski definition) is 1. The Morgan fingerprint density at radius 1 is 1.04 bits per heavy atom. The topological polar surface area (TPSA) is 56.8 Å². The molecular formula is C20H22ClNO4. The highest BCUT2D eigenvalue weighted by atomic mass is 35.5. The van der Waals surface area contributed by atoms with Gasteiger partial charge < -0.3 is 19.5 Å². The average molecular weight is 376 g/mol. The van der Waals surface area contributed by atoms with E-state index in [0.717, 1.165) is 16.7 Å². The highest BCUT2D eigenvalue weighted by Crippen LogP contribution is 2.34. The molecule has 0 aliphatic heterocycles. The molecule has 0 atom stereocenters. The minimum atomic E-state index is -0.224. The maximum Gasteiger partial charge on any atom is 0.244 e. The molecule has 1 amide bonds. The van der Waals surface area contributed by atoms with Crippen LogP contribution in [0.2, 0.25) is 5.02 Å². The highest BCUT2D eigenvalue weighted by Gasteiger charge is 2.12. The van der Waals surface area contributed by atoms with Crippen LogP contribution in [0.1, 0.15) is 16.7 Å². The average Bonchev–Trinajstić information content (AvgIpc) is 2.66. The number of ether oxygens (including phenoxy) is 3. The summed E-state index contributed by atoms with van der Waals surface area (Å²) in [6.07, 6.45) is 3.18. The van der Waals surface area contributed by atoms with E-state index in [2.05, 4.69) is 5.32 Å². The molecule has 0 aliphatic carbocycles. The van der Waals surface area contributed by atoms with Crippen LogP contribution in [-0.2, 0) is 11.3 Å². The van der Waals surface area contributed by atoms with Gasteiger partial charge in [-0.15, -0.1) is 0 Å². The second-order valence-electron chi connectivity index (χ2n) is 5.58. The van der Waals surface area contributed by atoms with Crippen molar-refractivity contribution in [2.75, 3.05) is 21.3 Å². The zero-order chi connectivity index (χ0) is 19.1. The SMILES string of the molecule is COc1cc(OC)c(OC)cc1CNC(=O)/C=C/c1ccc(C)c(Cl)c1. The fraction of sp³-hybridized carbons (Fsp3) is 0.250. The first-order valence-corrected chi connectivity index (χ1v) is 8.37. The number of hydrogen-bond acceptors (Lipinski definition) is 4. The van der Waals surface area contributed by atoms with Crippen molar-refractivity contribution in [3.05, 3.63) is 58.1 Å². The number of rotatable bonds is 7. The molecular weight excluding hydrogens is 354 g/mol. The van der Waals surface area contributed by atoms with E-state index in [1.54, 1.807) is 39.5 Å². The van der Waals surface area contributed by atoms with Crippen LogP contribution in [-0.4, -0.2) is 27.2 Å².